The lowest BCUT2D eigenvalue weighted by Crippen LogP contribution is -2.55. The van der Waals surface area contributed by atoms with Gasteiger partial charge in [-0.05, 0) is 59.0 Å². The molecule has 0 unspecified atom stereocenters. The van der Waals surface area contributed by atoms with Gasteiger partial charge in [0.15, 0.2) is 0 Å². The molecule has 196 valence electrons. The molecule has 1 amide bonds. The number of carbonyl (C=O) groups excluding carboxylic acids is 1. The summed E-state index contributed by atoms with van der Waals surface area (Å²) in [5.41, 5.74) is 9.25. The highest BCUT2D eigenvalue weighted by atomic mass is 35.5. The Hall–Kier alpha value is -3.07. The average Bonchev–Trinajstić information content (AvgIpc) is 2.91. The quantitative estimate of drug-likeness (QED) is 0.427. The first-order chi connectivity index (χ1) is 17.7. The minimum Gasteiger partial charge on any atom is -0.392 e. The van der Waals surface area contributed by atoms with Gasteiger partial charge in [-0.3, -0.25) is 4.79 Å². The van der Waals surface area contributed by atoms with Crippen LogP contribution in [0.15, 0.2) is 60.7 Å². The third-order valence-corrected chi connectivity index (χ3v) is 7.10. The Bertz CT molecular complexity index is 1280. The van der Waals surface area contributed by atoms with E-state index in [9.17, 15) is 23.1 Å². The van der Waals surface area contributed by atoms with Crippen LogP contribution in [0, 0.1) is 0 Å². The summed E-state index contributed by atoms with van der Waals surface area (Å²) in [5.74, 6) is -0.655. The highest BCUT2D eigenvalue weighted by molar-refractivity contribution is 6.30. The molecule has 9 heteroatoms. The number of hydrogen-bond donors (Lipinski definition) is 2. The predicted molar refractivity (Wildman–Crippen MR) is 139 cm³/mol. The number of carbonyl (C=O) groups is 1. The summed E-state index contributed by atoms with van der Waals surface area (Å²) in [4.78, 5) is 16.9. The summed E-state index contributed by atoms with van der Waals surface area (Å²) in [6, 6.07) is 16.8. The van der Waals surface area contributed by atoms with Crippen LogP contribution in [0.25, 0.3) is 11.1 Å². The van der Waals surface area contributed by atoms with Crippen LogP contribution in [-0.4, -0.2) is 41.6 Å². The summed E-state index contributed by atoms with van der Waals surface area (Å²) in [7, 11) is 0. The van der Waals surface area contributed by atoms with E-state index in [1.807, 2.05) is 49.4 Å². The summed E-state index contributed by atoms with van der Waals surface area (Å²) >= 11 is 5.79. The Morgan fingerprint density at radius 1 is 1.08 bits per heavy atom. The molecule has 4 rings (SSSR count). The zero-order chi connectivity index (χ0) is 26.7. The minimum absolute atomic E-state index is 0.0699. The van der Waals surface area contributed by atoms with Crippen molar-refractivity contribution >= 4 is 23.2 Å². The van der Waals surface area contributed by atoms with Crippen molar-refractivity contribution in [2.75, 3.05) is 24.5 Å². The van der Waals surface area contributed by atoms with E-state index in [1.165, 1.54) is 11.0 Å². The van der Waals surface area contributed by atoms with Gasteiger partial charge in [0.05, 0.1) is 17.7 Å². The van der Waals surface area contributed by atoms with Crippen molar-refractivity contribution in [3.8, 4) is 11.1 Å². The van der Waals surface area contributed by atoms with Crippen molar-refractivity contribution < 1.29 is 23.1 Å². The second-order valence-corrected chi connectivity index (χ2v) is 9.49. The summed E-state index contributed by atoms with van der Waals surface area (Å²) in [6.45, 7) is 3.22. The van der Waals surface area contributed by atoms with Gasteiger partial charge in [-0.1, -0.05) is 48.9 Å². The molecule has 1 saturated heterocycles. The molecule has 1 aliphatic rings. The molecule has 37 heavy (non-hydrogen) atoms. The molecule has 0 bridgehead atoms. The molecule has 1 heterocycles. The molecule has 0 saturated carbocycles. The van der Waals surface area contributed by atoms with Crippen LogP contribution < -0.4 is 10.6 Å². The Kier molecular flexibility index (Phi) is 8.11. The summed E-state index contributed by atoms with van der Waals surface area (Å²) in [6.07, 6.45) is -4.00. The van der Waals surface area contributed by atoms with Gasteiger partial charge in [0, 0.05) is 42.9 Å². The number of piperazine rings is 1. The summed E-state index contributed by atoms with van der Waals surface area (Å²) < 4.78 is 40.8. The fourth-order valence-corrected chi connectivity index (χ4v) is 5.12. The summed E-state index contributed by atoms with van der Waals surface area (Å²) in [5, 5.41) is 9.65. The number of alkyl halides is 3. The maximum absolute atomic E-state index is 13.6. The van der Waals surface area contributed by atoms with E-state index in [0.29, 0.717) is 19.5 Å². The van der Waals surface area contributed by atoms with E-state index < -0.39 is 23.2 Å². The fraction of sp³-hybridized carbons (Fsp3) is 0.321. The van der Waals surface area contributed by atoms with Gasteiger partial charge in [-0.25, -0.2) is 0 Å². The largest absolute Gasteiger partial charge is 0.417 e. The van der Waals surface area contributed by atoms with Gasteiger partial charge in [0.1, 0.15) is 0 Å². The average molecular weight is 532 g/mol. The number of nitrogens with zero attached hydrogens (tertiary/aromatic N) is 2. The number of amides is 1. The number of anilines is 1. The van der Waals surface area contributed by atoms with Crippen molar-refractivity contribution in [2.45, 2.75) is 38.7 Å². The van der Waals surface area contributed by atoms with Crippen LogP contribution in [0.1, 0.15) is 40.4 Å². The van der Waals surface area contributed by atoms with Crippen molar-refractivity contribution in [1.29, 1.82) is 0 Å². The molecule has 0 aliphatic carbocycles. The van der Waals surface area contributed by atoms with Gasteiger partial charge in [0.2, 0.25) is 0 Å². The van der Waals surface area contributed by atoms with Crippen LogP contribution in [0.3, 0.4) is 0 Å². The van der Waals surface area contributed by atoms with Crippen molar-refractivity contribution in [2.24, 2.45) is 5.73 Å². The second-order valence-electron chi connectivity index (χ2n) is 9.06. The first kappa shape index (κ1) is 27.0. The molecule has 0 aromatic heterocycles. The van der Waals surface area contributed by atoms with Gasteiger partial charge in [-0.15, -0.1) is 0 Å². The van der Waals surface area contributed by atoms with E-state index in [4.69, 9.17) is 17.3 Å². The molecule has 3 aromatic carbocycles. The zero-order valence-corrected chi connectivity index (χ0v) is 21.2. The molecule has 1 fully saturated rings. The lowest BCUT2D eigenvalue weighted by molar-refractivity contribution is -0.138. The standard InChI is InChI=1S/C28H29ClF3N3O2/c1-2-22-16-34(27(37)24-9-8-21(29)14-25(24)28(30,31)32)11-12-35(22)26-10-7-18(13-20(26)15-33)23-6-4-3-5-19(23)17-36/h3-10,13-14,22,36H,2,11-12,15-17,33H2,1H3/t22-/m1/s1. The van der Waals surface area contributed by atoms with Gasteiger partial charge in [0.25, 0.3) is 5.91 Å². The number of hydrogen-bond acceptors (Lipinski definition) is 4. The highest BCUT2D eigenvalue weighted by Crippen LogP contribution is 2.36. The van der Waals surface area contributed by atoms with E-state index in [-0.39, 0.29) is 30.8 Å². The number of aliphatic hydroxyl groups excluding tert-OH is 1. The SMILES string of the molecule is CC[C@@H]1CN(C(=O)c2ccc(Cl)cc2C(F)(F)F)CCN1c1ccc(-c2ccccc2CO)cc1CN. The van der Waals surface area contributed by atoms with Crippen molar-refractivity contribution in [3.05, 3.63) is 87.9 Å². The number of rotatable bonds is 6. The molecule has 1 atom stereocenters. The second kappa shape index (κ2) is 11.1. The molecule has 0 radical (unpaired) electrons. The normalized spacial score (nSPS) is 16.2. The third-order valence-electron chi connectivity index (χ3n) is 6.87. The van der Waals surface area contributed by atoms with Crippen molar-refractivity contribution in [1.82, 2.24) is 4.90 Å². The van der Waals surface area contributed by atoms with Crippen LogP contribution in [0.5, 0.6) is 0 Å². The maximum Gasteiger partial charge on any atom is 0.417 e. The first-order valence-corrected chi connectivity index (χ1v) is 12.5. The number of nitrogens with two attached hydrogens (primary N) is 1. The number of aliphatic hydroxyl groups is 1. The molecule has 5 nitrogen and oxygen atoms in total. The molecule has 3 N–H and O–H groups in total. The third kappa shape index (κ3) is 5.61. The maximum atomic E-state index is 13.6. The van der Waals surface area contributed by atoms with E-state index >= 15 is 0 Å². The lowest BCUT2D eigenvalue weighted by atomic mass is 9.96. The highest BCUT2D eigenvalue weighted by Gasteiger charge is 2.38. The van der Waals surface area contributed by atoms with Gasteiger partial charge < -0.3 is 20.6 Å². The Morgan fingerprint density at radius 2 is 1.84 bits per heavy atom. The molecular weight excluding hydrogens is 503 g/mol. The van der Waals surface area contributed by atoms with E-state index in [2.05, 4.69) is 4.90 Å². The molecule has 3 aromatic rings. The van der Waals surface area contributed by atoms with Crippen LogP contribution in [0.4, 0.5) is 18.9 Å². The zero-order valence-electron chi connectivity index (χ0n) is 20.4. The van der Waals surface area contributed by atoms with E-state index in [0.717, 1.165) is 40.1 Å². The number of benzene rings is 3. The van der Waals surface area contributed by atoms with Crippen LogP contribution >= 0.6 is 11.6 Å². The van der Waals surface area contributed by atoms with Gasteiger partial charge in [-0.2, -0.15) is 13.2 Å². The molecule has 1 aliphatic heterocycles. The lowest BCUT2D eigenvalue weighted by Gasteiger charge is -2.43. The van der Waals surface area contributed by atoms with Crippen LogP contribution in [-0.2, 0) is 19.3 Å². The number of halogens is 4. The topological polar surface area (TPSA) is 69.8 Å². The monoisotopic (exact) mass is 531 g/mol. The Balaban J connectivity index is 1.60. The predicted octanol–water partition coefficient (Wildman–Crippen LogP) is 5.72. The fourth-order valence-electron chi connectivity index (χ4n) is 4.95. The Labute approximate surface area is 219 Å². The smallest absolute Gasteiger partial charge is 0.392 e. The van der Waals surface area contributed by atoms with Crippen LogP contribution in [0.2, 0.25) is 5.02 Å². The minimum atomic E-state index is -4.69. The van der Waals surface area contributed by atoms with Crippen molar-refractivity contribution in [3.63, 3.8) is 0 Å². The van der Waals surface area contributed by atoms with Gasteiger partial charge >= 0.3 is 6.18 Å². The van der Waals surface area contributed by atoms with E-state index in [1.54, 1.807) is 0 Å². The first-order valence-electron chi connectivity index (χ1n) is 12.1. The molecular formula is C28H29ClF3N3O2. The molecule has 0 spiro atoms. The Morgan fingerprint density at radius 3 is 2.51 bits per heavy atom.